The molecule has 14 heavy (non-hydrogen) atoms. The van der Waals surface area contributed by atoms with Crippen molar-refractivity contribution in [2.24, 2.45) is 0 Å². The van der Waals surface area contributed by atoms with Crippen molar-refractivity contribution in [1.82, 2.24) is 10.3 Å². The second kappa shape index (κ2) is 5.55. The van der Waals surface area contributed by atoms with Crippen LogP contribution < -0.4 is 5.32 Å². The third-order valence-electron chi connectivity index (χ3n) is 1.98. The minimum atomic E-state index is 0.937. The molecule has 0 atom stereocenters. The number of rotatable bonds is 4. The maximum atomic E-state index is 4.32. The van der Waals surface area contributed by atoms with Gasteiger partial charge in [0.1, 0.15) is 0 Å². The molecule has 2 heteroatoms. The van der Waals surface area contributed by atoms with Gasteiger partial charge >= 0.3 is 0 Å². The first-order chi connectivity index (χ1) is 6.72. The fourth-order valence-corrected chi connectivity index (χ4v) is 1.19. The fraction of sp³-hybridized carbons (Fsp3) is 0.417. The summed E-state index contributed by atoms with van der Waals surface area (Å²) in [4.78, 5) is 4.32. The van der Waals surface area contributed by atoms with Crippen LogP contribution in [0.2, 0.25) is 0 Å². The Bertz CT molecular complexity index is 299. The normalized spacial score (nSPS) is 11.8. The van der Waals surface area contributed by atoms with Crippen molar-refractivity contribution in [3.05, 3.63) is 35.2 Å². The number of hydrogen-bond acceptors (Lipinski definition) is 2. The summed E-state index contributed by atoms with van der Waals surface area (Å²) < 4.78 is 0. The highest BCUT2D eigenvalue weighted by atomic mass is 14.8. The van der Waals surface area contributed by atoms with E-state index in [0.29, 0.717) is 0 Å². The molecule has 0 bridgehead atoms. The van der Waals surface area contributed by atoms with Crippen LogP contribution in [0, 0.1) is 6.92 Å². The highest BCUT2D eigenvalue weighted by Crippen LogP contribution is 2.04. The molecular weight excluding hydrogens is 172 g/mol. The fourth-order valence-electron chi connectivity index (χ4n) is 1.19. The summed E-state index contributed by atoms with van der Waals surface area (Å²) in [5.41, 5.74) is 3.54. The summed E-state index contributed by atoms with van der Waals surface area (Å²) in [6.45, 7) is 8.21. The SMILES string of the molecule is CCNC/C(C)=C/c1ccc(C)cn1. The van der Waals surface area contributed by atoms with Crippen LogP contribution in [0.5, 0.6) is 0 Å². The van der Waals surface area contributed by atoms with Crippen LogP contribution in [0.4, 0.5) is 0 Å². The lowest BCUT2D eigenvalue weighted by Gasteiger charge is -2.01. The predicted octanol–water partition coefficient (Wildman–Crippen LogP) is 2.40. The van der Waals surface area contributed by atoms with Crippen molar-refractivity contribution < 1.29 is 0 Å². The lowest BCUT2D eigenvalue weighted by Crippen LogP contribution is -2.14. The molecule has 0 aliphatic rings. The Morgan fingerprint density at radius 2 is 2.29 bits per heavy atom. The van der Waals surface area contributed by atoms with Gasteiger partial charge in [-0.1, -0.05) is 18.6 Å². The molecule has 0 saturated heterocycles. The van der Waals surface area contributed by atoms with Crippen molar-refractivity contribution in [2.45, 2.75) is 20.8 Å². The van der Waals surface area contributed by atoms with Crippen LogP contribution in [0.15, 0.2) is 23.9 Å². The first-order valence-electron chi connectivity index (χ1n) is 5.03. The number of aryl methyl sites for hydroxylation is 1. The van der Waals surface area contributed by atoms with Crippen molar-refractivity contribution in [2.75, 3.05) is 13.1 Å². The van der Waals surface area contributed by atoms with Gasteiger partial charge in [-0.2, -0.15) is 0 Å². The quantitative estimate of drug-likeness (QED) is 0.788. The largest absolute Gasteiger partial charge is 0.313 e. The standard InChI is InChI=1S/C12H18N2/c1-4-13-8-11(3)7-12-6-5-10(2)9-14-12/h5-7,9,13H,4,8H2,1-3H3/b11-7+. The summed E-state index contributed by atoms with van der Waals surface area (Å²) in [5.74, 6) is 0. The van der Waals surface area contributed by atoms with Gasteiger partial charge in [0.2, 0.25) is 0 Å². The molecule has 1 heterocycles. The van der Waals surface area contributed by atoms with Gasteiger partial charge in [0, 0.05) is 12.7 Å². The average molecular weight is 190 g/mol. The van der Waals surface area contributed by atoms with Gasteiger partial charge in [0.05, 0.1) is 5.69 Å². The van der Waals surface area contributed by atoms with E-state index >= 15 is 0 Å². The van der Waals surface area contributed by atoms with E-state index in [2.05, 4.69) is 36.3 Å². The van der Waals surface area contributed by atoms with Crippen molar-refractivity contribution in [3.8, 4) is 0 Å². The molecular formula is C12H18N2. The Hall–Kier alpha value is -1.15. The monoisotopic (exact) mass is 190 g/mol. The smallest absolute Gasteiger partial charge is 0.0629 e. The molecule has 0 radical (unpaired) electrons. The Kier molecular flexibility index (Phi) is 4.33. The molecule has 1 aromatic rings. The van der Waals surface area contributed by atoms with Gasteiger partial charge < -0.3 is 5.32 Å². The van der Waals surface area contributed by atoms with Gasteiger partial charge in [-0.3, -0.25) is 4.98 Å². The van der Waals surface area contributed by atoms with Crippen molar-refractivity contribution >= 4 is 6.08 Å². The van der Waals surface area contributed by atoms with Gasteiger partial charge in [-0.15, -0.1) is 0 Å². The highest BCUT2D eigenvalue weighted by Gasteiger charge is 1.91. The van der Waals surface area contributed by atoms with Crippen LogP contribution in [0.25, 0.3) is 6.08 Å². The number of aromatic nitrogens is 1. The van der Waals surface area contributed by atoms with E-state index in [0.717, 1.165) is 18.8 Å². The van der Waals surface area contributed by atoms with Gasteiger partial charge in [0.15, 0.2) is 0 Å². The van der Waals surface area contributed by atoms with Crippen LogP contribution in [-0.4, -0.2) is 18.1 Å². The lowest BCUT2D eigenvalue weighted by atomic mass is 10.2. The zero-order valence-corrected chi connectivity index (χ0v) is 9.17. The number of nitrogens with one attached hydrogen (secondary N) is 1. The molecule has 2 nitrogen and oxygen atoms in total. The average Bonchev–Trinajstić information content (AvgIpc) is 2.18. The maximum absolute atomic E-state index is 4.32. The molecule has 1 N–H and O–H groups in total. The van der Waals surface area contributed by atoms with Crippen LogP contribution in [-0.2, 0) is 0 Å². The minimum absolute atomic E-state index is 0.937. The summed E-state index contributed by atoms with van der Waals surface area (Å²) >= 11 is 0. The van der Waals surface area contributed by atoms with Crippen LogP contribution in [0.1, 0.15) is 25.1 Å². The van der Waals surface area contributed by atoms with Crippen molar-refractivity contribution in [3.63, 3.8) is 0 Å². The molecule has 1 rings (SSSR count). The molecule has 0 aliphatic carbocycles. The van der Waals surface area contributed by atoms with Gasteiger partial charge in [0.25, 0.3) is 0 Å². The summed E-state index contributed by atoms with van der Waals surface area (Å²) in [6.07, 6.45) is 4.01. The molecule has 0 aliphatic heterocycles. The summed E-state index contributed by atoms with van der Waals surface area (Å²) in [7, 11) is 0. The molecule has 0 saturated carbocycles. The second-order valence-corrected chi connectivity index (χ2v) is 3.53. The Morgan fingerprint density at radius 3 is 2.86 bits per heavy atom. The Morgan fingerprint density at radius 1 is 1.50 bits per heavy atom. The van der Waals surface area contributed by atoms with Crippen molar-refractivity contribution in [1.29, 1.82) is 0 Å². The van der Waals surface area contributed by atoms with Crippen LogP contribution >= 0.6 is 0 Å². The molecule has 0 unspecified atom stereocenters. The molecule has 1 aromatic heterocycles. The lowest BCUT2D eigenvalue weighted by molar-refractivity contribution is 0.778. The third-order valence-corrected chi connectivity index (χ3v) is 1.98. The van der Waals surface area contributed by atoms with E-state index in [-0.39, 0.29) is 0 Å². The van der Waals surface area contributed by atoms with E-state index in [9.17, 15) is 0 Å². The van der Waals surface area contributed by atoms with E-state index in [1.165, 1.54) is 11.1 Å². The first-order valence-corrected chi connectivity index (χ1v) is 5.03. The number of pyridine rings is 1. The molecule has 0 aromatic carbocycles. The van der Waals surface area contributed by atoms with E-state index in [4.69, 9.17) is 0 Å². The highest BCUT2D eigenvalue weighted by molar-refractivity contribution is 5.48. The van der Waals surface area contributed by atoms with E-state index in [1.54, 1.807) is 0 Å². The molecule has 0 spiro atoms. The zero-order valence-electron chi connectivity index (χ0n) is 9.17. The number of likely N-dealkylation sites (N-methyl/N-ethyl adjacent to an activating group) is 1. The Balaban J connectivity index is 2.61. The van der Waals surface area contributed by atoms with Crippen LogP contribution in [0.3, 0.4) is 0 Å². The molecule has 0 amide bonds. The summed E-state index contributed by atoms with van der Waals surface area (Å²) in [6, 6.07) is 4.13. The third kappa shape index (κ3) is 3.71. The van der Waals surface area contributed by atoms with E-state index < -0.39 is 0 Å². The van der Waals surface area contributed by atoms with Gasteiger partial charge in [-0.25, -0.2) is 0 Å². The number of nitrogens with zero attached hydrogens (tertiary/aromatic N) is 1. The van der Waals surface area contributed by atoms with E-state index in [1.807, 2.05) is 19.2 Å². The second-order valence-electron chi connectivity index (χ2n) is 3.53. The van der Waals surface area contributed by atoms with Gasteiger partial charge in [-0.05, 0) is 38.1 Å². The topological polar surface area (TPSA) is 24.9 Å². The summed E-state index contributed by atoms with van der Waals surface area (Å²) in [5, 5.41) is 3.28. The molecule has 0 fully saturated rings. The molecule has 76 valence electrons. The first kappa shape index (κ1) is 10.9. The predicted molar refractivity (Wildman–Crippen MR) is 61.2 cm³/mol. The minimum Gasteiger partial charge on any atom is -0.313 e. The maximum Gasteiger partial charge on any atom is 0.0629 e. The number of hydrogen-bond donors (Lipinski definition) is 1. The Labute approximate surface area is 86.1 Å². The zero-order chi connectivity index (χ0) is 10.4.